The summed E-state index contributed by atoms with van der Waals surface area (Å²) in [5.41, 5.74) is -2.10. The zero-order valence-corrected chi connectivity index (χ0v) is 28.0. The number of carbonyl (C=O) groups excluding carboxylic acids is 8. The fourth-order valence-corrected chi connectivity index (χ4v) is 4.47. The topological polar surface area (TPSA) is 220 Å². The monoisotopic (exact) mass is 712 g/mol. The first-order chi connectivity index (χ1) is 24.6. The number of ether oxygens (including phenoxy) is 4. The van der Waals surface area contributed by atoms with Crippen molar-refractivity contribution in [2.24, 2.45) is 0 Å². The summed E-state index contributed by atoms with van der Waals surface area (Å²) in [6.07, 6.45) is -3.78. The van der Waals surface area contributed by atoms with Gasteiger partial charge in [0.25, 0.3) is 0 Å². The number of carbonyl (C=O) groups is 8. The number of ketones is 2. The number of Topliss-reactive ketones (excluding diaryl/α,β-unsaturated/α-hetero) is 2. The molecular weight excluding hydrogens is 680 g/mol. The maximum absolute atomic E-state index is 13.2. The highest BCUT2D eigenvalue weighted by atomic mass is 16.6. The molecule has 0 spiro atoms. The van der Waals surface area contributed by atoms with Crippen LogP contribution in [0.25, 0.3) is 0 Å². The van der Waals surface area contributed by atoms with E-state index in [1.54, 1.807) is 0 Å². The van der Waals surface area contributed by atoms with Gasteiger partial charge in [-0.15, -0.1) is 0 Å². The van der Waals surface area contributed by atoms with Gasteiger partial charge in [-0.1, -0.05) is 61.7 Å². The van der Waals surface area contributed by atoms with Crippen LogP contribution in [0, 0.1) is 0 Å². The SMILES string of the molecule is C=C(C)C(=O)CC(COC(=O)c1ccccc1C(=O)OCC(CC(=O)C(=C)C)OC(=O)c1ccccc1C(=O)[O-])OC(=O)c1ccccc1C(=O)[O-]. The number of esters is 4. The Bertz CT molecular complexity index is 1800. The Kier molecular flexibility index (Phi) is 14.0. The number of hydrogen-bond donors (Lipinski definition) is 0. The second-order valence-corrected chi connectivity index (χ2v) is 11.3. The zero-order chi connectivity index (χ0) is 38.5. The summed E-state index contributed by atoms with van der Waals surface area (Å²) in [4.78, 5) is 100. The van der Waals surface area contributed by atoms with Crippen LogP contribution in [0.2, 0.25) is 0 Å². The quantitative estimate of drug-likeness (QED) is 0.105. The van der Waals surface area contributed by atoms with Crippen molar-refractivity contribution in [3.63, 3.8) is 0 Å². The molecule has 0 fully saturated rings. The average molecular weight is 713 g/mol. The number of aromatic carboxylic acids is 2. The van der Waals surface area contributed by atoms with Gasteiger partial charge in [0.15, 0.2) is 11.6 Å². The number of carboxylic acids is 2. The van der Waals surface area contributed by atoms with E-state index >= 15 is 0 Å². The van der Waals surface area contributed by atoms with Crippen molar-refractivity contribution >= 4 is 47.4 Å². The molecule has 0 aliphatic heterocycles. The van der Waals surface area contributed by atoms with E-state index in [0.717, 1.165) is 12.1 Å². The zero-order valence-electron chi connectivity index (χ0n) is 28.0. The third kappa shape index (κ3) is 10.9. The van der Waals surface area contributed by atoms with Crippen molar-refractivity contribution in [3.05, 3.63) is 130 Å². The molecule has 14 nitrogen and oxygen atoms in total. The second kappa shape index (κ2) is 18.3. The summed E-state index contributed by atoms with van der Waals surface area (Å²) >= 11 is 0. The van der Waals surface area contributed by atoms with Gasteiger partial charge in [-0.05, 0) is 49.3 Å². The predicted octanol–water partition coefficient (Wildman–Crippen LogP) is 2.25. The summed E-state index contributed by atoms with van der Waals surface area (Å²) in [5.74, 6) is -8.87. The highest BCUT2D eigenvalue weighted by molar-refractivity contribution is 6.04. The summed E-state index contributed by atoms with van der Waals surface area (Å²) in [6.45, 7) is 8.50. The Hall–Kier alpha value is -6.70. The molecule has 3 rings (SSSR count). The first-order valence-electron chi connectivity index (χ1n) is 15.4. The Labute approximate surface area is 297 Å². The van der Waals surface area contributed by atoms with Gasteiger partial charge in [-0.25, -0.2) is 19.2 Å². The molecule has 52 heavy (non-hydrogen) atoms. The Morgan fingerprint density at radius 2 is 0.769 bits per heavy atom. The Balaban J connectivity index is 1.77. The molecule has 0 aliphatic carbocycles. The van der Waals surface area contributed by atoms with E-state index in [-0.39, 0.29) is 33.4 Å². The van der Waals surface area contributed by atoms with Gasteiger partial charge in [0, 0.05) is 11.1 Å². The predicted molar refractivity (Wildman–Crippen MR) is 176 cm³/mol. The summed E-state index contributed by atoms with van der Waals surface area (Å²) < 4.78 is 21.3. The van der Waals surface area contributed by atoms with Crippen molar-refractivity contribution < 1.29 is 67.5 Å². The van der Waals surface area contributed by atoms with Crippen molar-refractivity contribution in [2.75, 3.05) is 13.2 Å². The molecule has 0 saturated carbocycles. The first kappa shape index (κ1) is 39.7. The molecule has 2 unspecified atom stereocenters. The van der Waals surface area contributed by atoms with Crippen molar-refractivity contribution in [1.82, 2.24) is 0 Å². The first-order valence-corrected chi connectivity index (χ1v) is 15.4. The number of benzene rings is 3. The van der Waals surface area contributed by atoms with E-state index in [0.29, 0.717) is 0 Å². The third-order valence-electron chi connectivity index (χ3n) is 7.23. The summed E-state index contributed by atoms with van der Waals surface area (Å²) in [7, 11) is 0. The van der Waals surface area contributed by atoms with Crippen LogP contribution < -0.4 is 10.2 Å². The molecule has 14 heteroatoms. The van der Waals surface area contributed by atoms with Crippen molar-refractivity contribution in [3.8, 4) is 0 Å². The maximum Gasteiger partial charge on any atom is 0.339 e. The Morgan fingerprint density at radius 1 is 0.500 bits per heavy atom. The summed E-state index contributed by atoms with van der Waals surface area (Å²) in [5, 5.41) is 23.0. The molecule has 0 aromatic heterocycles. The van der Waals surface area contributed by atoms with Gasteiger partial charge in [-0.2, -0.15) is 0 Å². The molecule has 3 aromatic rings. The van der Waals surface area contributed by atoms with Gasteiger partial charge < -0.3 is 38.7 Å². The van der Waals surface area contributed by atoms with Crippen LogP contribution in [-0.2, 0) is 28.5 Å². The van der Waals surface area contributed by atoms with Crippen molar-refractivity contribution in [2.45, 2.75) is 38.9 Å². The minimum atomic E-state index is -1.65. The van der Waals surface area contributed by atoms with Crippen LogP contribution >= 0.6 is 0 Å². The van der Waals surface area contributed by atoms with Crippen LogP contribution in [-0.4, -0.2) is 72.8 Å². The smallest absolute Gasteiger partial charge is 0.339 e. The normalized spacial score (nSPS) is 11.6. The molecule has 0 heterocycles. The van der Waals surface area contributed by atoms with E-state index in [4.69, 9.17) is 18.9 Å². The van der Waals surface area contributed by atoms with Gasteiger partial charge in [0.2, 0.25) is 0 Å². The molecular formula is C38H32O14-2. The lowest BCUT2D eigenvalue weighted by Crippen LogP contribution is -2.31. The molecule has 270 valence electrons. The third-order valence-corrected chi connectivity index (χ3v) is 7.23. The van der Waals surface area contributed by atoms with Gasteiger partial charge in [0.1, 0.15) is 25.4 Å². The molecule has 2 atom stereocenters. The molecule has 0 N–H and O–H groups in total. The van der Waals surface area contributed by atoms with E-state index in [1.807, 2.05) is 0 Å². The minimum Gasteiger partial charge on any atom is -0.545 e. The standard InChI is InChI=1S/C38H34O14/c1-21(2)31(39)17-23(51-37(47)27-13-7-5-11-25(27)33(41)42)19-49-35(45)29-15-9-10-16-30(29)36(46)50-20-24(18-32(40)22(3)4)52-38(48)28-14-8-6-12-26(28)34(43)44/h5-16,23-24H,1,3,17-20H2,2,4H3,(H,41,42)(H,43,44)/p-2. The van der Waals surface area contributed by atoms with Crippen LogP contribution in [0.3, 0.4) is 0 Å². The second-order valence-electron chi connectivity index (χ2n) is 11.3. The average Bonchev–Trinajstić information content (AvgIpc) is 3.12. The van der Waals surface area contributed by atoms with Gasteiger partial charge >= 0.3 is 23.9 Å². The van der Waals surface area contributed by atoms with E-state index < -0.39 is 96.8 Å². The van der Waals surface area contributed by atoms with E-state index in [2.05, 4.69) is 13.2 Å². The highest BCUT2D eigenvalue weighted by Gasteiger charge is 2.27. The van der Waals surface area contributed by atoms with E-state index in [1.165, 1.54) is 74.5 Å². The highest BCUT2D eigenvalue weighted by Crippen LogP contribution is 2.18. The van der Waals surface area contributed by atoms with Gasteiger partial charge in [-0.3, -0.25) is 9.59 Å². The Morgan fingerprint density at radius 3 is 1.04 bits per heavy atom. The lowest BCUT2D eigenvalue weighted by Gasteiger charge is -2.20. The molecule has 0 amide bonds. The minimum absolute atomic E-state index is 0.104. The number of rotatable bonds is 18. The summed E-state index contributed by atoms with van der Waals surface area (Å²) in [6, 6.07) is 15.3. The number of hydrogen-bond acceptors (Lipinski definition) is 14. The molecule has 3 aromatic carbocycles. The fourth-order valence-electron chi connectivity index (χ4n) is 4.47. The fraction of sp³-hybridized carbons (Fsp3) is 0.211. The van der Waals surface area contributed by atoms with Crippen LogP contribution in [0.4, 0.5) is 0 Å². The van der Waals surface area contributed by atoms with E-state index in [9.17, 15) is 48.6 Å². The van der Waals surface area contributed by atoms with Crippen LogP contribution in [0.1, 0.15) is 88.8 Å². The molecule has 0 radical (unpaired) electrons. The molecule has 0 bridgehead atoms. The lowest BCUT2D eigenvalue weighted by atomic mass is 10.1. The maximum atomic E-state index is 13.2. The van der Waals surface area contributed by atoms with Crippen molar-refractivity contribution in [1.29, 1.82) is 0 Å². The number of allylic oxidation sites excluding steroid dienone is 2. The van der Waals surface area contributed by atoms with Gasteiger partial charge in [0.05, 0.1) is 47.0 Å². The van der Waals surface area contributed by atoms with Crippen LogP contribution in [0.15, 0.2) is 97.1 Å². The largest absolute Gasteiger partial charge is 0.545 e. The lowest BCUT2D eigenvalue weighted by molar-refractivity contribution is -0.256. The van der Waals surface area contributed by atoms with Crippen LogP contribution in [0.5, 0.6) is 0 Å². The number of carboxylic acid groups (broad SMARTS) is 2. The molecule has 0 saturated heterocycles. The molecule has 0 aliphatic rings.